The normalized spacial score (nSPS) is 10.9. The van der Waals surface area contributed by atoms with Gasteiger partial charge in [0.25, 0.3) is 0 Å². The molecule has 3 heterocycles. The smallest absolute Gasteiger partial charge is 0.164 e. The standard InChI is InChI=1S/C29H20N4S2/c1-3-9-21(10-4-1)27-30-28(22-11-5-2-6-12-22)32-29(31-27)23-15-17-24(18-16-23)33(25-13-7-19-34-25)26-14-8-20-35-26/h1-20H. The van der Waals surface area contributed by atoms with Crippen LogP contribution in [0.25, 0.3) is 34.2 Å². The second-order valence-electron chi connectivity index (χ2n) is 7.82. The van der Waals surface area contributed by atoms with Crippen LogP contribution < -0.4 is 4.90 Å². The van der Waals surface area contributed by atoms with Crippen molar-refractivity contribution in [2.45, 2.75) is 0 Å². The molecule has 0 amide bonds. The van der Waals surface area contributed by atoms with Crippen molar-refractivity contribution in [3.63, 3.8) is 0 Å². The van der Waals surface area contributed by atoms with E-state index in [2.05, 4.69) is 64.2 Å². The van der Waals surface area contributed by atoms with Crippen LogP contribution in [0.3, 0.4) is 0 Å². The maximum Gasteiger partial charge on any atom is 0.164 e. The summed E-state index contributed by atoms with van der Waals surface area (Å²) in [6, 6.07) is 37.0. The Morgan fingerprint density at radius 2 is 0.857 bits per heavy atom. The highest BCUT2D eigenvalue weighted by Gasteiger charge is 2.16. The topological polar surface area (TPSA) is 41.9 Å². The molecule has 0 saturated carbocycles. The monoisotopic (exact) mass is 488 g/mol. The van der Waals surface area contributed by atoms with Crippen molar-refractivity contribution in [2.75, 3.05) is 4.90 Å². The van der Waals surface area contributed by atoms with Crippen LogP contribution in [-0.4, -0.2) is 15.0 Å². The molecule has 4 nitrogen and oxygen atoms in total. The van der Waals surface area contributed by atoms with Crippen molar-refractivity contribution in [3.8, 4) is 34.2 Å². The van der Waals surface area contributed by atoms with E-state index in [4.69, 9.17) is 15.0 Å². The third-order valence-corrected chi connectivity index (χ3v) is 7.24. The molecule has 0 N–H and O–H groups in total. The van der Waals surface area contributed by atoms with E-state index in [1.165, 1.54) is 10.0 Å². The minimum atomic E-state index is 0.656. The van der Waals surface area contributed by atoms with Crippen LogP contribution in [0.15, 0.2) is 120 Å². The van der Waals surface area contributed by atoms with Crippen molar-refractivity contribution >= 4 is 38.4 Å². The number of hydrogen-bond acceptors (Lipinski definition) is 6. The molecule has 0 bridgehead atoms. The summed E-state index contributed by atoms with van der Waals surface area (Å²) in [6.45, 7) is 0. The van der Waals surface area contributed by atoms with E-state index >= 15 is 0 Å². The summed E-state index contributed by atoms with van der Waals surface area (Å²) in [5.74, 6) is 1.98. The van der Waals surface area contributed by atoms with Crippen LogP contribution in [0.4, 0.5) is 15.7 Å². The van der Waals surface area contributed by atoms with Crippen LogP contribution in [0, 0.1) is 0 Å². The zero-order chi connectivity index (χ0) is 23.5. The van der Waals surface area contributed by atoms with Gasteiger partial charge in [-0.15, -0.1) is 22.7 Å². The molecule has 0 aliphatic carbocycles. The summed E-state index contributed by atoms with van der Waals surface area (Å²) in [6.07, 6.45) is 0. The highest BCUT2D eigenvalue weighted by atomic mass is 32.1. The summed E-state index contributed by atoms with van der Waals surface area (Å²) in [7, 11) is 0. The zero-order valence-electron chi connectivity index (χ0n) is 18.7. The van der Waals surface area contributed by atoms with Crippen LogP contribution in [0.5, 0.6) is 0 Å². The van der Waals surface area contributed by atoms with E-state index in [1.54, 1.807) is 22.7 Å². The van der Waals surface area contributed by atoms with E-state index in [1.807, 2.05) is 60.7 Å². The molecule has 168 valence electrons. The number of hydrogen-bond donors (Lipinski definition) is 0. The molecule has 6 rings (SSSR count). The lowest BCUT2D eigenvalue weighted by molar-refractivity contribution is 1.07. The van der Waals surface area contributed by atoms with Gasteiger partial charge in [-0.2, -0.15) is 0 Å². The number of rotatable bonds is 6. The maximum absolute atomic E-state index is 4.84. The Morgan fingerprint density at radius 1 is 0.429 bits per heavy atom. The average Bonchev–Trinajstić information content (AvgIpc) is 3.66. The average molecular weight is 489 g/mol. The van der Waals surface area contributed by atoms with Gasteiger partial charge in [-0.05, 0) is 59.3 Å². The van der Waals surface area contributed by atoms with Gasteiger partial charge < -0.3 is 0 Å². The van der Waals surface area contributed by atoms with Crippen molar-refractivity contribution in [2.24, 2.45) is 0 Å². The van der Waals surface area contributed by atoms with Crippen LogP contribution >= 0.6 is 22.7 Å². The lowest BCUT2D eigenvalue weighted by Crippen LogP contribution is -2.06. The second kappa shape index (κ2) is 9.62. The fourth-order valence-corrected chi connectivity index (χ4v) is 5.44. The first-order valence-corrected chi connectivity index (χ1v) is 13.0. The van der Waals surface area contributed by atoms with E-state index in [0.717, 1.165) is 22.4 Å². The van der Waals surface area contributed by atoms with E-state index in [9.17, 15) is 0 Å². The summed E-state index contributed by atoms with van der Waals surface area (Å²) >= 11 is 3.45. The van der Waals surface area contributed by atoms with Crippen molar-refractivity contribution in [1.29, 1.82) is 0 Å². The molecule has 6 heteroatoms. The quantitative estimate of drug-likeness (QED) is 0.236. The molecule has 3 aromatic carbocycles. The molecule has 0 aliphatic rings. The molecule has 0 unspecified atom stereocenters. The third-order valence-electron chi connectivity index (χ3n) is 5.54. The van der Waals surface area contributed by atoms with Crippen LogP contribution in [0.1, 0.15) is 0 Å². The van der Waals surface area contributed by atoms with E-state index in [-0.39, 0.29) is 0 Å². The molecular weight excluding hydrogens is 468 g/mol. The van der Waals surface area contributed by atoms with Gasteiger partial charge in [0.1, 0.15) is 10.0 Å². The van der Waals surface area contributed by atoms with Gasteiger partial charge in [0.15, 0.2) is 17.5 Å². The summed E-state index contributed by atoms with van der Waals surface area (Å²) in [5, 5.41) is 6.56. The molecule has 0 fully saturated rings. The first-order valence-electron chi connectivity index (χ1n) is 11.2. The van der Waals surface area contributed by atoms with Gasteiger partial charge in [0.2, 0.25) is 0 Å². The number of thiophene rings is 2. The Bertz CT molecular complexity index is 1420. The zero-order valence-corrected chi connectivity index (χ0v) is 20.3. The minimum absolute atomic E-state index is 0.656. The van der Waals surface area contributed by atoms with Crippen molar-refractivity contribution in [1.82, 2.24) is 15.0 Å². The van der Waals surface area contributed by atoms with Gasteiger partial charge >= 0.3 is 0 Å². The highest BCUT2D eigenvalue weighted by molar-refractivity contribution is 7.16. The number of benzene rings is 3. The molecule has 0 radical (unpaired) electrons. The number of nitrogens with zero attached hydrogens (tertiary/aromatic N) is 4. The largest absolute Gasteiger partial charge is 0.293 e. The predicted molar refractivity (Wildman–Crippen MR) is 147 cm³/mol. The van der Waals surface area contributed by atoms with Crippen LogP contribution in [0.2, 0.25) is 0 Å². The molecule has 0 atom stereocenters. The summed E-state index contributed by atoms with van der Waals surface area (Å²) < 4.78 is 0. The molecule has 35 heavy (non-hydrogen) atoms. The fourth-order valence-electron chi connectivity index (χ4n) is 3.85. The number of anilines is 3. The number of aromatic nitrogens is 3. The Balaban J connectivity index is 1.43. The van der Waals surface area contributed by atoms with Gasteiger partial charge in [-0.25, -0.2) is 15.0 Å². The molecule has 0 aliphatic heterocycles. The van der Waals surface area contributed by atoms with Crippen LogP contribution in [-0.2, 0) is 0 Å². The Morgan fingerprint density at radius 3 is 1.26 bits per heavy atom. The minimum Gasteiger partial charge on any atom is -0.293 e. The Hall–Kier alpha value is -4.13. The molecular formula is C29H20N4S2. The Labute approximate surface area is 211 Å². The lowest BCUT2D eigenvalue weighted by Gasteiger charge is -2.21. The molecule has 3 aromatic heterocycles. The van der Waals surface area contributed by atoms with Crippen molar-refractivity contribution < 1.29 is 0 Å². The first-order chi connectivity index (χ1) is 17.3. The highest BCUT2D eigenvalue weighted by Crippen LogP contribution is 2.40. The summed E-state index contributed by atoms with van der Waals surface area (Å²) in [4.78, 5) is 16.7. The molecule has 0 spiro atoms. The third kappa shape index (κ3) is 4.49. The fraction of sp³-hybridized carbons (Fsp3) is 0. The van der Waals surface area contributed by atoms with Gasteiger partial charge in [-0.1, -0.05) is 60.7 Å². The van der Waals surface area contributed by atoms with E-state index in [0.29, 0.717) is 17.5 Å². The second-order valence-corrected chi connectivity index (χ2v) is 9.68. The lowest BCUT2D eigenvalue weighted by atomic mass is 10.1. The molecule has 6 aromatic rings. The predicted octanol–water partition coefficient (Wildman–Crippen LogP) is 8.47. The van der Waals surface area contributed by atoms with E-state index < -0.39 is 0 Å². The molecule has 0 saturated heterocycles. The summed E-state index contributed by atoms with van der Waals surface area (Å²) in [5.41, 5.74) is 3.97. The maximum atomic E-state index is 4.84. The van der Waals surface area contributed by atoms with Gasteiger partial charge in [0, 0.05) is 22.4 Å². The van der Waals surface area contributed by atoms with Crippen molar-refractivity contribution in [3.05, 3.63) is 120 Å². The van der Waals surface area contributed by atoms with Gasteiger partial charge in [0.05, 0.1) is 0 Å². The SMILES string of the molecule is c1ccc(-c2nc(-c3ccccc3)nc(-c3ccc(N(c4cccs4)c4cccs4)cc3)n2)cc1. The van der Waals surface area contributed by atoms with Gasteiger partial charge in [-0.3, -0.25) is 4.90 Å². The Kier molecular flexibility index (Phi) is 5.88. The first kappa shape index (κ1) is 21.4.